The third-order valence-corrected chi connectivity index (χ3v) is 14.7. The summed E-state index contributed by atoms with van der Waals surface area (Å²) >= 11 is 1.40. The number of hydrogen-bond acceptors (Lipinski definition) is 13. The summed E-state index contributed by atoms with van der Waals surface area (Å²) in [6.07, 6.45) is -5.62. The molecule has 8 aromatic rings. The lowest BCUT2D eigenvalue weighted by atomic mass is 9.91. The predicted molar refractivity (Wildman–Crippen MR) is 296 cm³/mol. The largest absolute Gasteiger partial charge is 0.374 e. The van der Waals surface area contributed by atoms with Crippen LogP contribution in [-0.2, 0) is 104 Å². The molecule has 7 aromatic carbocycles. The van der Waals surface area contributed by atoms with Crippen molar-refractivity contribution in [2.75, 3.05) is 20.3 Å². The van der Waals surface area contributed by atoms with E-state index in [1.807, 2.05) is 218 Å². The van der Waals surface area contributed by atoms with E-state index in [1.165, 1.54) is 11.3 Å². The molecule has 2 aliphatic heterocycles. The van der Waals surface area contributed by atoms with Crippen molar-refractivity contribution >= 4 is 11.3 Å². The molecule has 10 atom stereocenters. The van der Waals surface area contributed by atoms with Crippen molar-refractivity contribution in [3.63, 3.8) is 0 Å². The van der Waals surface area contributed by atoms with Crippen LogP contribution in [-0.4, -0.2) is 80.4 Å². The topological polar surface area (TPSA) is 114 Å². The molecule has 12 nitrogen and oxygen atoms in total. The van der Waals surface area contributed by atoms with E-state index >= 15 is 0 Å². The predicted octanol–water partition coefficient (Wildman–Crippen LogP) is 11.8. The standard InChI is InChI=1S/C65H67NO11S/c1-67-63-61(73-44-53-33-19-7-20-34-53)59(71-42-51-29-15-5-16-30-51)57(69-40-49-25-11-3-12-26-49)55(76-63)47-75-65(64-66-37-38-78-64)62(74-45-54-35-21-8-22-36-54)60(72-43-52-31-17-6-18-32-52)58(70-41-50-27-13-4-14-28-50)56(77-65)46-68-39-48-23-9-2-10-24-48/h2-38,55-63H,39-47H2,1H3/t55-,56-,57-,58+,59+,60+,61-,62-,63+,65-/m1/s1. The molecule has 0 N–H and O–H groups in total. The zero-order valence-electron chi connectivity index (χ0n) is 43.8. The van der Waals surface area contributed by atoms with Crippen LogP contribution in [0.5, 0.6) is 0 Å². The first-order chi connectivity index (χ1) is 38.6. The fraction of sp³-hybridized carbons (Fsp3) is 0.308. The molecule has 2 saturated heterocycles. The summed E-state index contributed by atoms with van der Waals surface area (Å²) in [6.45, 7) is 1.78. The minimum Gasteiger partial charge on any atom is -0.374 e. The summed E-state index contributed by atoms with van der Waals surface area (Å²) in [4.78, 5) is 4.99. The van der Waals surface area contributed by atoms with Crippen LogP contribution >= 0.6 is 11.3 Å². The van der Waals surface area contributed by atoms with E-state index in [0.29, 0.717) is 11.6 Å². The number of rotatable bonds is 27. The van der Waals surface area contributed by atoms with Crippen LogP contribution in [0.1, 0.15) is 44.0 Å². The third-order valence-electron chi connectivity index (χ3n) is 13.8. The zero-order valence-corrected chi connectivity index (χ0v) is 44.6. The van der Waals surface area contributed by atoms with Crippen LogP contribution in [0.25, 0.3) is 0 Å². The quantitative estimate of drug-likeness (QED) is 0.0488. The van der Waals surface area contributed by atoms with Crippen molar-refractivity contribution < 1.29 is 52.1 Å². The molecule has 0 unspecified atom stereocenters. The first kappa shape index (κ1) is 55.1. The van der Waals surface area contributed by atoms with Crippen LogP contribution < -0.4 is 0 Å². The number of nitrogens with zero attached hydrogens (tertiary/aromatic N) is 1. The second-order valence-corrected chi connectivity index (χ2v) is 20.2. The summed E-state index contributed by atoms with van der Waals surface area (Å²) in [7, 11) is 1.61. The van der Waals surface area contributed by atoms with E-state index in [-0.39, 0.29) is 52.9 Å². The molecule has 13 heteroatoms. The number of benzene rings is 7. The molecule has 0 bridgehead atoms. The Balaban J connectivity index is 1.06. The molecule has 2 aliphatic rings. The van der Waals surface area contributed by atoms with E-state index < -0.39 is 60.9 Å². The van der Waals surface area contributed by atoms with Gasteiger partial charge in [0, 0.05) is 18.7 Å². The van der Waals surface area contributed by atoms with Crippen molar-refractivity contribution in [1.82, 2.24) is 4.98 Å². The van der Waals surface area contributed by atoms with Crippen molar-refractivity contribution in [3.05, 3.63) is 268 Å². The molecule has 404 valence electrons. The Kier molecular flexibility index (Phi) is 20.2. The van der Waals surface area contributed by atoms with Gasteiger partial charge in [0.05, 0.1) is 59.5 Å². The monoisotopic (exact) mass is 1070 g/mol. The van der Waals surface area contributed by atoms with Crippen molar-refractivity contribution in [2.24, 2.45) is 0 Å². The Labute approximate surface area is 461 Å². The lowest BCUT2D eigenvalue weighted by Gasteiger charge is -2.52. The van der Waals surface area contributed by atoms with Gasteiger partial charge in [0.2, 0.25) is 0 Å². The molecular formula is C65H67NO11S. The summed E-state index contributed by atoms with van der Waals surface area (Å²) < 4.78 is 77.4. The summed E-state index contributed by atoms with van der Waals surface area (Å²) in [5, 5.41) is 2.41. The molecule has 0 saturated carbocycles. The number of aromatic nitrogens is 1. The van der Waals surface area contributed by atoms with Gasteiger partial charge in [0.25, 0.3) is 5.79 Å². The van der Waals surface area contributed by atoms with Gasteiger partial charge in [-0.2, -0.15) is 0 Å². The van der Waals surface area contributed by atoms with E-state index in [0.717, 1.165) is 38.9 Å². The molecule has 0 aliphatic carbocycles. The second-order valence-electron chi connectivity index (χ2n) is 19.3. The fourth-order valence-electron chi connectivity index (χ4n) is 9.86. The van der Waals surface area contributed by atoms with Crippen molar-refractivity contribution in [3.8, 4) is 0 Å². The first-order valence-electron chi connectivity index (χ1n) is 26.6. The number of ether oxygens (including phenoxy) is 11. The number of thiazole rings is 1. The lowest BCUT2D eigenvalue weighted by molar-refractivity contribution is -0.402. The van der Waals surface area contributed by atoms with E-state index in [4.69, 9.17) is 57.1 Å². The average molecular weight is 1070 g/mol. The average Bonchev–Trinajstić information content (AvgIpc) is 4.20. The molecule has 78 heavy (non-hydrogen) atoms. The molecular weight excluding hydrogens is 1000 g/mol. The first-order valence-corrected chi connectivity index (χ1v) is 27.4. The Bertz CT molecular complexity index is 2900. The number of methoxy groups -OCH3 is 1. The SMILES string of the molecule is CO[C@H]1O[C@H](CO[C@@]2(c3nccs3)O[C@H](COCc3ccccc3)[C@H](OCc3ccccc3)[C@H](OCc3ccccc3)[C@H]2OCc2ccccc2)[C@@H](OCc2ccccc2)[C@H](OCc2ccccc2)[C@H]1OCc1ccccc1. The minimum absolute atomic E-state index is 0.103. The van der Waals surface area contributed by atoms with Crippen LogP contribution in [0.2, 0.25) is 0 Å². The molecule has 1 aromatic heterocycles. The highest BCUT2D eigenvalue weighted by Crippen LogP contribution is 2.46. The number of hydrogen-bond donors (Lipinski definition) is 0. The van der Waals surface area contributed by atoms with Crippen LogP contribution in [0, 0.1) is 0 Å². The second kappa shape index (κ2) is 28.6. The van der Waals surface area contributed by atoms with Gasteiger partial charge in [-0.3, -0.25) is 0 Å². The normalized spacial score (nSPS) is 24.2. The van der Waals surface area contributed by atoms with Crippen molar-refractivity contribution in [2.45, 2.75) is 107 Å². The highest BCUT2D eigenvalue weighted by atomic mass is 32.1. The van der Waals surface area contributed by atoms with Gasteiger partial charge in [0.15, 0.2) is 11.3 Å². The van der Waals surface area contributed by atoms with Crippen molar-refractivity contribution in [1.29, 1.82) is 0 Å². The molecule has 0 amide bonds. The summed E-state index contributed by atoms with van der Waals surface area (Å²) in [6, 6.07) is 70.3. The van der Waals surface area contributed by atoms with Gasteiger partial charge in [-0.05, 0) is 38.9 Å². The zero-order chi connectivity index (χ0) is 53.0. The highest BCUT2D eigenvalue weighted by molar-refractivity contribution is 7.09. The Morgan fingerprint density at radius 2 is 0.782 bits per heavy atom. The van der Waals surface area contributed by atoms with Gasteiger partial charge >= 0.3 is 0 Å². The summed E-state index contributed by atoms with van der Waals surface area (Å²) in [5.41, 5.74) is 6.84. The van der Waals surface area contributed by atoms with Gasteiger partial charge in [-0.1, -0.05) is 212 Å². The van der Waals surface area contributed by atoms with Crippen LogP contribution in [0.3, 0.4) is 0 Å². The third kappa shape index (κ3) is 14.7. The molecule has 10 rings (SSSR count). The Morgan fingerprint density at radius 1 is 0.410 bits per heavy atom. The fourth-order valence-corrected chi connectivity index (χ4v) is 10.6. The highest BCUT2D eigenvalue weighted by Gasteiger charge is 2.61. The van der Waals surface area contributed by atoms with Gasteiger partial charge < -0.3 is 52.1 Å². The molecule has 0 spiro atoms. The molecule has 2 fully saturated rings. The Morgan fingerprint density at radius 3 is 1.19 bits per heavy atom. The minimum atomic E-state index is -1.76. The molecule has 3 heterocycles. The van der Waals surface area contributed by atoms with Gasteiger partial charge in [0.1, 0.15) is 48.8 Å². The maximum atomic E-state index is 7.58. The smallest absolute Gasteiger partial charge is 0.252 e. The maximum absolute atomic E-state index is 7.58. The maximum Gasteiger partial charge on any atom is 0.252 e. The Hall–Kier alpha value is -6.27. The van der Waals surface area contributed by atoms with E-state index in [2.05, 4.69) is 0 Å². The van der Waals surface area contributed by atoms with Crippen LogP contribution in [0.4, 0.5) is 0 Å². The molecule has 0 radical (unpaired) electrons. The van der Waals surface area contributed by atoms with Gasteiger partial charge in [-0.15, -0.1) is 11.3 Å². The van der Waals surface area contributed by atoms with E-state index in [1.54, 1.807) is 13.3 Å². The van der Waals surface area contributed by atoms with E-state index in [9.17, 15) is 0 Å². The summed E-state index contributed by atoms with van der Waals surface area (Å²) in [5.74, 6) is -1.76. The lowest BCUT2D eigenvalue weighted by Crippen LogP contribution is -2.67. The van der Waals surface area contributed by atoms with Gasteiger partial charge in [-0.25, -0.2) is 4.98 Å². The van der Waals surface area contributed by atoms with Crippen LogP contribution in [0.15, 0.2) is 224 Å².